The summed E-state index contributed by atoms with van der Waals surface area (Å²) in [6.45, 7) is 10.8. The summed E-state index contributed by atoms with van der Waals surface area (Å²) >= 11 is 1.57. The molecule has 0 spiro atoms. The molecule has 0 aliphatic carbocycles. The molecule has 1 unspecified atom stereocenters. The van der Waals surface area contributed by atoms with Gasteiger partial charge in [-0.25, -0.2) is 0 Å². The molecule has 0 radical (unpaired) electrons. The summed E-state index contributed by atoms with van der Waals surface area (Å²) in [6.07, 6.45) is 0.903. The summed E-state index contributed by atoms with van der Waals surface area (Å²) in [5, 5.41) is 4.93. The van der Waals surface area contributed by atoms with E-state index in [2.05, 4.69) is 24.1 Å². The van der Waals surface area contributed by atoms with Gasteiger partial charge in [0, 0.05) is 24.5 Å². The highest BCUT2D eigenvalue weighted by Gasteiger charge is 2.29. The Morgan fingerprint density at radius 3 is 2.65 bits per heavy atom. The van der Waals surface area contributed by atoms with E-state index in [4.69, 9.17) is 9.15 Å². The van der Waals surface area contributed by atoms with Crippen molar-refractivity contribution in [3.63, 3.8) is 0 Å². The van der Waals surface area contributed by atoms with Crippen LogP contribution < -0.4 is 5.32 Å². The molecule has 3 rings (SSSR count). The fourth-order valence-corrected chi connectivity index (χ4v) is 4.13. The van der Waals surface area contributed by atoms with Crippen molar-refractivity contribution in [3.8, 4) is 0 Å². The van der Waals surface area contributed by atoms with Crippen molar-refractivity contribution in [2.75, 3.05) is 32.8 Å². The lowest BCUT2D eigenvalue weighted by Gasteiger charge is -2.27. The number of amides is 2. The molecule has 8 heteroatoms. The Balaban J connectivity index is 1.69. The Morgan fingerprint density at radius 2 is 1.97 bits per heavy atom. The van der Waals surface area contributed by atoms with Crippen molar-refractivity contribution < 1.29 is 18.7 Å². The van der Waals surface area contributed by atoms with Crippen molar-refractivity contribution in [1.29, 1.82) is 0 Å². The standard InChI is InChI=1S/C23H33N3O4S/c1-17(2)8-9-24-22(27)18(3)26(16-20-5-4-14-31-20)23(28)21-7-6-19(30-21)15-25-10-12-29-13-11-25/h4-7,14,17-18H,8-13,15-16H2,1-3H3,(H,24,27). The number of ether oxygens (including phenoxy) is 1. The summed E-state index contributed by atoms with van der Waals surface area (Å²) in [5.74, 6) is 1.10. The fraction of sp³-hybridized carbons (Fsp3) is 0.565. The molecule has 2 aromatic heterocycles. The normalized spacial score (nSPS) is 15.7. The predicted octanol–water partition coefficient (Wildman–Crippen LogP) is 3.37. The van der Waals surface area contributed by atoms with Crippen LogP contribution in [0.5, 0.6) is 0 Å². The number of rotatable bonds is 10. The van der Waals surface area contributed by atoms with Gasteiger partial charge in [-0.2, -0.15) is 0 Å². The molecule has 170 valence electrons. The topological polar surface area (TPSA) is 75.0 Å². The zero-order valence-electron chi connectivity index (χ0n) is 18.6. The second-order valence-corrected chi connectivity index (χ2v) is 9.35. The molecule has 1 aliphatic rings. The number of nitrogens with one attached hydrogen (secondary N) is 1. The van der Waals surface area contributed by atoms with E-state index in [9.17, 15) is 9.59 Å². The Morgan fingerprint density at radius 1 is 1.19 bits per heavy atom. The zero-order valence-corrected chi connectivity index (χ0v) is 19.5. The first-order chi connectivity index (χ1) is 14.9. The molecule has 1 N–H and O–H groups in total. The lowest BCUT2D eigenvalue weighted by molar-refractivity contribution is -0.125. The molecule has 1 atom stereocenters. The lowest BCUT2D eigenvalue weighted by Crippen LogP contribution is -2.47. The monoisotopic (exact) mass is 447 g/mol. The van der Waals surface area contributed by atoms with E-state index in [1.807, 2.05) is 23.6 Å². The Labute approximate surface area is 188 Å². The third-order valence-corrected chi connectivity index (χ3v) is 6.25. The Hall–Kier alpha value is -2.16. The number of hydrogen-bond acceptors (Lipinski definition) is 6. The molecule has 0 aromatic carbocycles. The summed E-state index contributed by atoms with van der Waals surface area (Å²) in [6, 6.07) is 6.88. The van der Waals surface area contributed by atoms with Gasteiger partial charge in [0.15, 0.2) is 5.76 Å². The highest BCUT2D eigenvalue weighted by atomic mass is 32.1. The molecule has 2 amide bonds. The molecular formula is C23H33N3O4S. The predicted molar refractivity (Wildman–Crippen MR) is 121 cm³/mol. The molecule has 7 nitrogen and oxygen atoms in total. The number of morpholine rings is 1. The summed E-state index contributed by atoms with van der Waals surface area (Å²) in [5.41, 5.74) is 0. The van der Waals surface area contributed by atoms with E-state index < -0.39 is 6.04 Å². The van der Waals surface area contributed by atoms with Gasteiger partial charge >= 0.3 is 0 Å². The first-order valence-corrected chi connectivity index (χ1v) is 11.8. The number of thiophene rings is 1. The van der Waals surface area contributed by atoms with Gasteiger partial charge in [-0.15, -0.1) is 11.3 Å². The van der Waals surface area contributed by atoms with Crippen LogP contribution in [0.4, 0.5) is 0 Å². The lowest BCUT2D eigenvalue weighted by atomic mass is 10.1. The van der Waals surface area contributed by atoms with Crippen LogP contribution in [0.25, 0.3) is 0 Å². The van der Waals surface area contributed by atoms with Gasteiger partial charge < -0.3 is 19.4 Å². The third kappa shape index (κ3) is 6.92. The number of carbonyl (C=O) groups is 2. The maximum absolute atomic E-state index is 13.3. The molecule has 0 saturated carbocycles. The number of hydrogen-bond donors (Lipinski definition) is 1. The molecular weight excluding hydrogens is 414 g/mol. The van der Waals surface area contributed by atoms with E-state index in [1.165, 1.54) is 0 Å². The number of carbonyl (C=O) groups excluding carboxylic acids is 2. The van der Waals surface area contributed by atoms with Gasteiger partial charge in [0.2, 0.25) is 5.91 Å². The van der Waals surface area contributed by atoms with Crippen molar-refractivity contribution in [1.82, 2.24) is 15.1 Å². The van der Waals surface area contributed by atoms with E-state index in [0.717, 1.165) is 30.1 Å². The first-order valence-electron chi connectivity index (χ1n) is 10.9. The van der Waals surface area contributed by atoms with Gasteiger partial charge in [-0.05, 0) is 42.8 Å². The summed E-state index contributed by atoms with van der Waals surface area (Å²) in [4.78, 5) is 30.9. The van der Waals surface area contributed by atoms with Gasteiger partial charge in [-0.1, -0.05) is 19.9 Å². The second-order valence-electron chi connectivity index (χ2n) is 8.32. The Bertz CT molecular complexity index is 828. The number of nitrogens with zero attached hydrogens (tertiary/aromatic N) is 2. The Kier molecular flexibility index (Phi) is 8.69. The summed E-state index contributed by atoms with van der Waals surface area (Å²) in [7, 11) is 0. The molecule has 1 saturated heterocycles. The van der Waals surface area contributed by atoms with Crippen LogP contribution in [0.3, 0.4) is 0 Å². The van der Waals surface area contributed by atoms with Crippen LogP contribution >= 0.6 is 11.3 Å². The molecule has 1 fully saturated rings. The minimum Gasteiger partial charge on any atom is -0.455 e. The van der Waals surface area contributed by atoms with Gasteiger partial charge in [0.05, 0.1) is 26.3 Å². The average molecular weight is 448 g/mol. The third-order valence-electron chi connectivity index (χ3n) is 5.39. The van der Waals surface area contributed by atoms with E-state index in [-0.39, 0.29) is 17.6 Å². The molecule has 2 aromatic rings. The largest absolute Gasteiger partial charge is 0.455 e. The van der Waals surface area contributed by atoms with Crippen molar-refractivity contribution in [3.05, 3.63) is 46.0 Å². The van der Waals surface area contributed by atoms with Crippen LogP contribution in [-0.2, 0) is 22.6 Å². The van der Waals surface area contributed by atoms with Crippen molar-refractivity contribution >= 4 is 23.2 Å². The number of furan rings is 1. The highest BCUT2D eigenvalue weighted by Crippen LogP contribution is 2.19. The molecule has 31 heavy (non-hydrogen) atoms. The fourth-order valence-electron chi connectivity index (χ4n) is 3.43. The van der Waals surface area contributed by atoms with Crippen LogP contribution in [0.15, 0.2) is 34.1 Å². The smallest absolute Gasteiger partial charge is 0.290 e. The van der Waals surface area contributed by atoms with Crippen LogP contribution in [0.1, 0.15) is 48.4 Å². The minimum atomic E-state index is -0.602. The van der Waals surface area contributed by atoms with Gasteiger partial charge in [-0.3, -0.25) is 14.5 Å². The quantitative estimate of drug-likeness (QED) is 0.604. The van der Waals surface area contributed by atoms with Crippen molar-refractivity contribution in [2.24, 2.45) is 5.92 Å². The van der Waals surface area contributed by atoms with E-state index in [1.54, 1.807) is 29.2 Å². The maximum Gasteiger partial charge on any atom is 0.290 e. The summed E-state index contributed by atoms with van der Waals surface area (Å²) < 4.78 is 11.3. The van der Waals surface area contributed by atoms with Crippen LogP contribution in [0, 0.1) is 5.92 Å². The first kappa shape index (κ1) is 23.5. The molecule has 3 heterocycles. The second kappa shape index (κ2) is 11.5. The van der Waals surface area contributed by atoms with Gasteiger partial charge in [0.25, 0.3) is 5.91 Å². The van der Waals surface area contributed by atoms with Crippen LogP contribution in [0.2, 0.25) is 0 Å². The van der Waals surface area contributed by atoms with Crippen molar-refractivity contribution in [2.45, 2.75) is 46.3 Å². The maximum atomic E-state index is 13.3. The average Bonchev–Trinajstić information content (AvgIpc) is 3.43. The molecule has 1 aliphatic heterocycles. The van der Waals surface area contributed by atoms with Crippen LogP contribution in [-0.4, -0.2) is 60.5 Å². The molecule has 0 bridgehead atoms. The van der Waals surface area contributed by atoms with E-state index in [0.29, 0.717) is 38.8 Å². The van der Waals surface area contributed by atoms with Gasteiger partial charge in [0.1, 0.15) is 11.8 Å². The highest BCUT2D eigenvalue weighted by molar-refractivity contribution is 7.09. The minimum absolute atomic E-state index is 0.148. The SMILES string of the molecule is CC(C)CCNC(=O)C(C)N(Cc1cccs1)C(=O)c1ccc(CN2CCOCC2)o1. The van der Waals surface area contributed by atoms with E-state index >= 15 is 0 Å². The zero-order chi connectivity index (χ0) is 22.2.